The van der Waals surface area contributed by atoms with Crippen LogP contribution in [-0.2, 0) is 4.79 Å². The van der Waals surface area contributed by atoms with Crippen LogP contribution in [0.2, 0.25) is 0 Å². The van der Waals surface area contributed by atoms with E-state index in [1.54, 1.807) is 24.3 Å². The van der Waals surface area contributed by atoms with Gasteiger partial charge in [0.25, 0.3) is 0 Å². The van der Waals surface area contributed by atoms with Gasteiger partial charge in [0.05, 0.1) is 5.56 Å². The molecule has 1 heterocycles. The molecule has 1 amide bonds. The van der Waals surface area contributed by atoms with Gasteiger partial charge in [-0.05, 0) is 57.9 Å². The topological polar surface area (TPSA) is 55.1 Å². The highest BCUT2D eigenvalue weighted by Gasteiger charge is 2.11. The number of fused-ring (bicyclic) bond motifs is 1. The second kappa shape index (κ2) is 7.60. The molecule has 0 saturated heterocycles. The Bertz CT molecular complexity index is 1130. The molecule has 0 fully saturated rings. The zero-order chi connectivity index (χ0) is 18.6. The molecule has 3 aromatic carbocycles. The van der Waals surface area contributed by atoms with E-state index in [9.17, 15) is 4.79 Å². The Balaban J connectivity index is 1.54. The molecule has 0 aliphatic carbocycles. The van der Waals surface area contributed by atoms with Crippen LogP contribution in [0.4, 0.5) is 5.69 Å². The quantitative estimate of drug-likeness (QED) is 0.419. The molecule has 0 radical (unpaired) electrons. The number of carbonyl (C=O) groups excluding carboxylic acids is 1. The molecule has 0 aliphatic heterocycles. The van der Waals surface area contributed by atoms with Crippen molar-refractivity contribution in [3.05, 3.63) is 88.9 Å². The molecular formula is C22H15BrN2O2. The molecule has 27 heavy (non-hydrogen) atoms. The van der Waals surface area contributed by atoms with E-state index >= 15 is 0 Å². The first-order valence-electron chi connectivity index (χ1n) is 8.39. The lowest BCUT2D eigenvalue weighted by molar-refractivity contribution is -0.111. The number of halogens is 1. The Morgan fingerprint density at radius 1 is 1.00 bits per heavy atom. The van der Waals surface area contributed by atoms with Crippen molar-refractivity contribution in [2.45, 2.75) is 0 Å². The van der Waals surface area contributed by atoms with Crippen LogP contribution in [0.3, 0.4) is 0 Å². The average Bonchev–Trinajstić information content (AvgIpc) is 3.10. The zero-order valence-corrected chi connectivity index (χ0v) is 15.8. The van der Waals surface area contributed by atoms with Crippen LogP contribution in [0.25, 0.3) is 28.6 Å². The van der Waals surface area contributed by atoms with Gasteiger partial charge in [-0.15, -0.1) is 0 Å². The van der Waals surface area contributed by atoms with E-state index in [0.717, 1.165) is 15.6 Å². The summed E-state index contributed by atoms with van der Waals surface area (Å²) in [6.45, 7) is 0. The van der Waals surface area contributed by atoms with E-state index in [1.807, 2.05) is 54.6 Å². The summed E-state index contributed by atoms with van der Waals surface area (Å²) in [5.41, 5.74) is 3.86. The largest absolute Gasteiger partial charge is 0.436 e. The highest BCUT2D eigenvalue weighted by atomic mass is 79.9. The maximum absolute atomic E-state index is 12.1. The fourth-order valence-corrected chi connectivity index (χ4v) is 3.13. The molecule has 0 atom stereocenters. The second-order valence-electron chi connectivity index (χ2n) is 5.91. The number of carbonyl (C=O) groups is 1. The Hall–Kier alpha value is -3.18. The van der Waals surface area contributed by atoms with E-state index < -0.39 is 0 Å². The molecule has 4 nitrogen and oxygen atoms in total. The minimum Gasteiger partial charge on any atom is -0.436 e. The number of rotatable bonds is 4. The summed E-state index contributed by atoms with van der Waals surface area (Å²) in [6.07, 6.45) is 3.28. The summed E-state index contributed by atoms with van der Waals surface area (Å²) in [7, 11) is 0. The zero-order valence-electron chi connectivity index (χ0n) is 14.2. The molecule has 4 rings (SSSR count). The molecule has 0 aliphatic rings. The van der Waals surface area contributed by atoms with Gasteiger partial charge in [0.1, 0.15) is 5.52 Å². The maximum Gasteiger partial charge on any atom is 0.248 e. The fraction of sp³-hybridized carbons (Fsp3) is 0. The predicted molar refractivity (Wildman–Crippen MR) is 111 cm³/mol. The van der Waals surface area contributed by atoms with Crippen LogP contribution in [0, 0.1) is 0 Å². The molecule has 1 N–H and O–H groups in total. The number of nitrogens with one attached hydrogen (secondary N) is 1. The van der Waals surface area contributed by atoms with Crippen LogP contribution in [-0.4, -0.2) is 10.9 Å². The van der Waals surface area contributed by atoms with E-state index in [0.29, 0.717) is 22.7 Å². The van der Waals surface area contributed by atoms with Gasteiger partial charge in [0.15, 0.2) is 5.58 Å². The number of aromatic nitrogens is 1. The van der Waals surface area contributed by atoms with Crippen molar-refractivity contribution in [1.82, 2.24) is 4.98 Å². The van der Waals surface area contributed by atoms with Crippen molar-refractivity contribution in [2.75, 3.05) is 5.32 Å². The number of anilines is 1. The van der Waals surface area contributed by atoms with E-state index in [4.69, 9.17) is 4.42 Å². The minimum atomic E-state index is -0.201. The predicted octanol–water partition coefficient (Wildman–Crippen LogP) is 5.91. The second-order valence-corrected chi connectivity index (χ2v) is 6.77. The van der Waals surface area contributed by atoms with Gasteiger partial charge in [-0.1, -0.05) is 42.5 Å². The number of hydrogen-bond donors (Lipinski definition) is 1. The lowest BCUT2D eigenvalue weighted by Crippen LogP contribution is -2.07. The van der Waals surface area contributed by atoms with Crippen molar-refractivity contribution in [2.24, 2.45) is 0 Å². The molecule has 0 bridgehead atoms. The van der Waals surface area contributed by atoms with E-state index in [2.05, 4.69) is 26.2 Å². The lowest BCUT2D eigenvalue weighted by atomic mass is 10.2. The molecule has 4 aromatic rings. The van der Waals surface area contributed by atoms with E-state index in [1.165, 1.54) is 6.08 Å². The van der Waals surface area contributed by atoms with Crippen LogP contribution < -0.4 is 5.32 Å². The van der Waals surface area contributed by atoms with Crippen molar-refractivity contribution < 1.29 is 9.21 Å². The van der Waals surface area contributed by atoms with Crippen molar-refractivity contribution in [3.8, 4) is 11.5 Å². The summed E-state index contributed by atoms with van der Waals surface area (Å²) in [5.74, 6) is 0.331. The molecule has 1 aromatic heterocycles. The first-order chi connectivity index (χ1) is 13.2. The van der Waals surface area contributed by atoms with Crippen LogP contribution >= 0.6 is 15.9 Å². The van der Waals surface area contributed by atoms with Gasteiger partial charge >= 0.3 is 0 Å². The molecular weight excluding hydrogens is 404 g/mol. The fourth-order valence-electron chi connectivity index (χ4n) is 2.68. The number of hydrogen-bond acceptors (Lipinski definition) is 3. The Morgan fingerprint density at radius 2 is 1.78 bits per heavy atom. The van der Waals surface area contributed by atoms with Crippen LogP contribution in [0.5, 0.6) is 0 Å². The molecule has 0 unspecified atom stereocenters. The third kappa shape index (κ3) is 3.99. The molecule has 132 valence electrons. The molecule has 0 spiro atoms. The highest BCUT2D eigenvalue weighted by molar-refractivity contribution is 9.10. The smallest absolute Gasteiger partial charge is 0.248 e. The summed E-state index contributed by atoms with van der Waals surface area (Å²) >= 11 is 3.51. The Labute approximate surface area is 164 Å². The molecule has 5 heteroatoms. The normalized spacial score (nSPS) is 11.1. The first-order valence-corrected chi connectivity index (χ1v) is 9.18. The van der Waals surface area contributed by atoms with Crippen molar-refractivity contribution >= 4 is 44.7 Å². The van der Waals surface area contributed by atoms with Gasteiger partial charge in [0, 0.05) is 16.2 Å². The van der Waals surface area contributed by atoms with Gasteiger partial charge in [-0.3, -0.25) is 4.79 Å². The Kier molecular flexibility index (Phi) is 4.85. The number of oxazole rings is 1. The maximum atomic E-state index is 12.1. The third-order valence-corrected chi connectivity index (χ3v) is 4.68. The van der Waals surface area contributed by atoms with Gasteiger partial charge in [0.2, 0.25) is 11.8 Å². The lowest BCUT2D eigenvalue weighted by Gasteiger charge is -2.01. The van der Waals surface area contributed by atoms with Crippen LogP contribution in [0.1, 0.15) is 5.56 Å². The summed E-state index contributed by atoms with van der Waals surface area (Å²) in [6, 6.07) is 22.8. The van der Waals surface area contributed by atoms with Crippen molar-refractivity contribution in [1.29, 1.82) is 0 Å². The van der Waals surface area contributed by atoms with Gasteiger partial charge < -0.3 is 9.73 Å². The van der Waals surface area contributed by atoms with Crippen LogP contribution in [0.15, 0.2) is 87.8 Å². The third-order valence-electron chi connectivity index (χ3n) is 3.99. The van der Waals surface area contributed by atoms with E-state index in [-0.39, 0.29) is 5.91 Å². The SMILES string of the molecule is O=C(/C=C\c1ccccc1)Nc1ccc2oc(-c3ccccc3Br)nc2c1. The number of amides is 1. The summed E-state index contributed by atoms with van der Waals surface area (Å²) in [4.78, 5) is 16.7. The summed E-state index contributed by atoms with van der Waals surface area (Å²) in [5, 5.41) is 2.85. The number of nitrogens with zero attached hydrogens (tertiary/aromatic N) is 1. The highest BCUT2D eigenvalue weighted by Crippen LogP contribution is 2.30. The standard InChI is InChI=1S/C22H15BrN2O2/c23-18-9-5-4-8-17(18)22-25-19-14-16(11-12-20(19)27-22)24-21(26)13-10-15-6-2-1-3-7-15/h1-14H,(H,24,26)/b13-10-. The van der Waals surface area contributed by atoms with Crippen molar-refractivity contribution in [3.63, 3.8) is 0 Å². The Morgan fingerprint density at radius 3 is 2.59 bits per heavy atom. The summed E-state index contributed by atoms with van der Waals surface area (Å²) < 4.78 is 6.75. The van der Waals surface area contributed by atoms with Gasteiger partial charge in [-0.25, -0.2) is 4.98 Å². The average molecular weight is 419 g/mol. The number of benzene rings is 3. The minimum absolute atomic E-state index is 0.201. The molecule has 0 saturated carbocycles. The first kappa shape index (κ1) is 17.2. The monoisotopic (exact) mass is 418 g/mol. The van der Waals surface area contributed by atoms with Gasteiger partial charge in [-0.2, -0.15) is 0 Å².